The third kappa shape index (κ3) is 2.51. The van der Waals surface area contributed by atoms with Crippen LogP contribution in [0.25, 0.3) is 22.2 Å². The van der Waals surface area contributed by atoms with Crippen molar-refractivity contribution in [2.24, 2.45) is 5.73 Å². The Morgan fingerprint density at radius 2 is 1.95 bits per heavy atom. The fourth-order valence-corrected chi connectivity index (χ4v) is 2.22. The molecule has 2 aromatic carbocycles. The molecule has 0 fully saturated rings. The Morgan fingerprint density at radius 1 is 1.19 bits per heavy atom. The first-order chi connectivity index (χ1) is 10.2. The molecule has 0 radical (unpaired) electrons. The SMILES string of the molecule is NCCC(O)c1nc(-c2ccc(F)c3ccccc23)no1. The van der Waals surface area contributed by atoms with Crippen molar-refractivity contribution in [3.63, 3.8) is 0 Å². The van der Waals surface area contributed by atoms with Gasteiger partial charge in [-0.1, -0.05) is 29.4 Å². The quantitative estimate of drug-likeness (QED) is 0.769. The minimum atomic E-state index is -0.886. The summed E-state index contributed by atoms with van der Waals surface area (Å²) in [4.78, 5) is 4.17. The Bertz CT molecular complexity index is 772. The second-order valence-electron chi connectivity index (χ2n) is 4.69. The van der Waals surface area contributed by atoms with E-state index in [0.29, 0.717) is 35.1 Å². The first-order valence-corrected chi connectivity index (χ1v) is 6.60. The molecule has 0 saturated carbocycles. The molecule has 6 heteroatoms. The fraction of sp³-hybridized carbons (Fsp3) is 0.200. The van der Waals surface area contributed by atoms with Gasteiger partial charge in [0.15, 0.2) is 0 Å². The smallest absolute Gasteiger partial charge is 0.255 e. The molecule has 0 spiro atoms. The molecule has 3 rings (SSSR count). The Balaban J connectivity index is 2.07. The van der Waals surface area contributed by atoms with Gasteiger partial charge in [0.25, 0.3) is 5.89 Å². The first-order valence-electron chi connectivity index (χ1n) is 6.60. The zero-order chi connectivity index (χ0) is 14.8. The minimum Gasteiger partial charge on any atom is -0.383 e. The van der Waals surface area contributed by atoms with Crippen molar-refractivity contribution in [2.75, 3.05) is 6.54 Å². The van der Waals surface area contributed by atoms with Crippen molar-refractivity contribution in [3.8, 4) is 11.4 Å². The number of hydrogen-bond acceptors (Lipinski definition) is 5. The van der Waals surface area contributed by atoms with E-state index in [9.17, 15) is 9.50 Å². The van der Waals surface area contributed by atoms with E-state index in [2.05, 4.69) is 10.1 Å². The highest BCUT2D eigenvalue weighted by atomic mass is 19.1. The summed E-state index contributed by atoms with van der Waals surface area (Å²) in [6.45, 7) is 0.318. The van der Waals surface area contributed by atoms with E-state index in [1.54, 1.807) is 24.3 Å². The van der Waals surface area contributed by atoms with Gasteiger partial charge in [-0.3, -0.25) is 0 Å². The molecule has 0 amide bonds. The molecule has 21 heavy (non-hydrogen) atoms. The molecule has 5 nitrogen and oxygen atoms in total. The van der Waals surface area contributed by atoms with Gasteiger partial charge in [-0.25, -0.2) is 4.39 Å². The predicted molar refractivity (Wildman–Crippen MR) is 75.8 cm³/mol. The lowest BCUT2D eigenvalue weighted by Crippen LogP contribution is -2.06. The number of fused-ring (bicyclic) bond motifs is 1. The fourth-order valence-electron chi connectivity index (χ4n) is 2.22. The number of aromatic nitrogens is 2. The van der Waals surface area contributed by atoms with Crippen LogP contribution in [0.1, 0.15) is 18.4 Å². The molecule has 3 N–H and O–H groups in total. The molecule has 0 aliphatic rings. The summed E-state index contributed by atoms with van der Waals surface area (Å²) in [6, 6.07) is 10.0. The molecule has 0 aliphatic carbocycles. The number of rotatable bonds is 4. The average molecular weight is 287 g/mol. The molecule has 1 atom stereocenters. The lowest BCUT2D eigenvalue weighted by Gasteiger charge is -2.04. The number of nitrogens with zero attached hydrogens (tertiary/aromatic N) is 2. The average Bonchev–Trinajstić information content (AvgIpc) is 2.98. The van der Waals surface area contributed by atoms with Gasteiger partial charge in [0, 0.05) is 10.9 Å². The van der Waals surface area contributed by atoms with Crippen LogP contribution in [-0.2, 0) is 0 Å². The molecule has 3 aromatic rings. The Labute approximate surface area is 120 Å². The Hall–Kier alpha value is -2.31. The highest BCUT2D eigenvalue weighted by Gasteiger charge is 2.18. The summed E-state index contributed by atoms with van der Waals surface area (Å²) in [5.41, 5.74) is 6.04. The molecule has 108 valence electrons. The van der Waals surface area contributed by atoms with E-state index >= 15 is 0 Å². The van der Waals surface area contributed by atoms with Crippen molar-refractivity contribution in [3.05, 3.63) is 48.1 Å². The zero-order valence-corrected chi connectivity index (χ0v) is 11.2. The normalized spacial score (nSPS) is 12.7. The van der Waals surface area contributed by atoms with Gasteiger partial charge >= 0.3 is 0 Å². The van der Waals surface area contributed by atoms with Crippen LogP contribution in [-0.4, -0.2) is 21.8 Å². The van der Waals surface area contributed by atoms with E-state index in [1.165, 1.54) is 6.07 Å². The molecule has 0 bridgehead atoms. The van der Waals surface area contributed by atoms with E-state index in [4.69, 9.17) is 10.3 Å². The van der Waals surface area contributed by atoms with Crippen LogP contribution in [0, 0.1) is 5.82 Å². The summed E-state index contributed by atoms with van der Waals surface area (Å²) < 4.78 is 18.8. The summed E-state index contributed by atoms with van der Waals surface area (Å²) >= 11 is 0. The van der Waals surface area contributed by atoms with Crippen LogP contribution < -0.4 is 5.73 Å². The number of aliphatic hydroxyl groups excluding tert-OH is 1. The predicted octanol–water partition coefficient (Wildman–Crippen LogP) is 2.41. The minimum absolute atomic E-state index is 0.115. The molecular weight excluding hydrogens is 273 g/mol. The highest BCUT2D eigenvalue weighted by molar-refractivity contribution is 5.95. The van der Waals surface area contributed by atoms with Gasteiger partial charge in [0.2, 0.25) is 5.82 Å². The van der Waals surface area contributed by atoms with Gasteiger partial charge in [-0.15, -0.1) is 0 Å². The highest BCUT2D eigenvalue weighted by Crippen LogP contribution is 2.29. The lowest BCUT2D eigenvalue weighted by molar-refractivity contribution is 0.127. The molecule has 0 saturated heterocycles. The molecule has 0 aliphatic heterocycles. The Morgan fingerprint density at radius 3 is 2.71 bits per heavy atom. The molecule has 1 aromatic heterocycles. The number of nitrogens with two attached hydrogens (primary N) is 1. The van der Waals surface area contributed by atoms with Gasteiger partial charge < -0.3 is 15.4 Å². The topological polar surface area (TPSA) is 85.2 Å². The number of halogens is 1. The first kappa shape index (κ1) is 13.7. The maximum absolute atomic E-state index is 13.8. The summed E-state index contributed by atoms with van der Waals surface area (Å²) in [7, 11) is 0. The van der Waals surface area contributed by atoms with Crippen LogP contribution in [0.3, 0.4) is 0 Å². The van der Waals surface area contributed by atoms with Crippen LogP contribution in [0.2, 0.25) is 0 Å². The maximum atomic E-state index is 13.8. The lowest BCUT2D eigenvalue weighted by atomic mass is 10.0. The van der Waals surface area contributed by atoms with Crippen molar-refractivity contribution < 1.29 is 14.0 Å². The molecule has 1 unspecified atom stereocenters. The van der Waals surface area contributed by atoms with Crippen molar-refractivity contribution in [1.29, 1.82) is 0 Å². The Kier molecular flexibility index (Phi) is 3.64. The second kappa shape index (κ2) is 5.59. The van der Waals surface area contributed by atoms with Gasteiger partial charge in [0.05, 0.1) is 0 Å². The summed E-state index contributed by atoms with van der Waals surface area (Å²) in [6.07, 6.45) is -0.547. The number of hydrogen-bond donors (Lipinski definition) is 2. The third-order valence-electron chi connectivity index (χ3n) is 3.28. The maximum Gasteiger partial charge on any atom is 0.255 e. The zero-order valence-electron chi connectivity index (χ0n) is 11.2. The van der Waals surface area contributed by atoms with Crippen molar-refractivity contribution >= 4 is 10.8 Å². The van der Waals surface area contributed by atoms with Crippen LogP contribution in [0.5, 0.6) is 0 Å². The van der Waals surface area contributed by atoms with Gasteiger partial charge in [0.1, 0.15) is 11.9 Å². The number of aliphatic hydroxyl groups is 1. The summed E-state index contributed by atoms with van der Waals surface area (Å²) in [5, 5.41) is 14.8. The van der Waals surface area contributed by atoms with E-state index in [-0.39, 0.29) is 11.7 Å². The van der Waals surface area contributed by atoms with Crippen LogP contribution >= 0.6 is 0 Å². The van der Waals surface area contributed by atoms with Crippen LogP contribution in [0.15, 0.2) is 40.9 Å². The second-order valence-corrected chi connectivity index (χ2v) is 4.69. The monoisotopic (exact) mass is 287 g/mol. The van der Waals surface area contributed by atoms with E-state index in [0.717, 1.165) is 0 Å². The van der Waals surface area contributed by atoms with E-state index in [1.807, 2.05) is 6.07 Å². The standard InChI is InChI=1S/C15H14FN3O2/c16-12-6-5-11(9-3-1-2-4-10(9)12)14-18-15(21-19-14)13(20)7-8-17/h1-6,13,20H,7-8,17H2. The van der Waals surface area contributed by atoms with E-state index < -0.39 is 6.10 Å². The molecule has 1 heterocycles. The van der Waals surface area contributed by atoms with Crippen molar-refractivity contribution in [2.45, 2.75) is 12.5 Å². The molecular formula is C15H14FN3O2. The largest absolute Gasteiger partial charge is 0.383 e. The third-order valence-corrected chi connectivity index (χ3v) is 3.28. The number of benzene rings is 2. The van der Waals surface area contributed by atoms with Gasteiger partial charge in [-0.2, -0.15) is 4.98 Å². The summed E-state index contributed by atoms with van der Waals surface area (Å²) in [5.74, 6) is 0.127. The van der Waals surface area contributed by atoms with Crippen molar-refractivity contribution in [1.82, 2.24) is 10.1 Å². The van der Waals surface area contributed by atoms with Crippen LogP contribution in [0.4, 0.5) is 4.39 Å². The van der Waals surface area contributed by atoms with Gasteiger partial charge in [-0.05, 0) is 30.5 Å².